The molecule has 3 heterocycles. The summed E-state index contributed by atoms with van der Waals surface area (Å²) < 4.78 is 15.6. The van der Waals surface area contributed by atoms with Crippen LogP contribution in [0.1, 0.15) is 49.8 Å². The van der Waals surface area contributed by atoms with Gasteiger partial charge in [0.2, 0.25) is 5.95 Å². The Morgan fingerprint density at radius 2 is 1.76 bits per heavy atom. The lowest BCUT2D eigenvalue weighted by molar-refractivity contribution is 0.624. The van der Waals surface area contributed by atoms with Crippen molar-refractivity contribution in [3.8, 4) is 11.3 Å². The van der Waals surface area contributed by atoms with E-state index in [-0.39, 0.29) is 11.1 Å². The van der Waals surface area contributed by atoms with E-state index in [9.17, 15) is 9.18 Å². The first kappa shape index (κ1) is 24.9. The van der Waals surface area contributed by atoms with Crippen molar-refractivity contribution in [2.24, 2.45) is 7.05 Å². The van der Waals surface area contributed by atoms with E-state index in [1.54, 1.807) is 7.05 Å². The maximum atomic E-state index is 14.1. The molecule has 0 unspecified atom stereocenters. The first-order valence-electron chi connectivity index (χ1n) is 13.2. The second kappa shape index (κ2) is 11.5. The molecule has 1 aliphatic carbocycles. The number of aromatic nitrogens is 4. The zero-order valence-electron chi connectivity index (χ0n) is 21.3. The zero-order chi connectivity index (χ0) is 25.6. The first-order valence-corrected chi connectivity index (χ1v) is 13.2. The van der Waals surface area contributed by atoms with Crippen LogP contribution in [-0.4, -0.2) is 32.6 Å². The Balaban J connectivity index is 1.11. The molecule has 1 aliphatic rings. The van der Waals surface area contributed by atoms with Gasteiger partial charge in [0.15, 0.2) is 5.82 Å². The number of pyridine rings is 2. The molecular weight excluding hydrogens is 467 g/mol. The second-order valence-corrected chi connectivity index (χ2v) is 9.62. The summed E-state index contributed by atoms with van der Waals surface area (Å²) in [7, 11) is 1.66. The third kappa shape index (κ3) is 5.63. The molecule has 7 nitrogen and oxygen atoms in total. The van der Waals surface area contributed by atoms with Gasteiger partial charge in [-0.1, -0.05) is 31.0 Å². The van der Waals surface area contributed by atoms with Crippen LogP contribution in [0.4, 0.5) is 16.0 Å². The molecular formula is C29H33FN6O. The fourth-order valence-electron chi connectivity index (χ4n) is 5.01. The smallest absolute Gasteiger partial charge is 0.255 e. The van der Waals surface area contributed by atoms with E-state index in [2.05, 4.69) is 44.9 Å². The third-order valence-electron chi connectivity index (χ3n) is 7.04. The lowest BCUT2D eigenvalue weighted by Gasteiger charge is -2.21. The molecule has 37 heavy (non-hydrogen) atoms. The standard InChI is InChI=1S/C29H33FN6O/c1-36-27(37)18-26(20-14-17-31-19-23(20)30)35-29(36)33-16-9-3-2-8-15-32-28-21-10-4-6-12-24(21)34-25-13-7-5-11-22(25)28/h4,6,10,12,14,17-19H,2-3,5,7-9,11,13,15-16H2,1H3,(H,32,34)(H,33,35). The van der Waals surface area contributed by atoms with Gasteiger partial charge in [-0.3, -0.25) is 19.3 Å². The molecule has 0 saturated carbocycles. The van der Waals surface area contributed by atoms with Gasteiger partial charge in [-0.25, -0.2) is 9.37 Å². The zero-order valence-corrected chi connectivity index (χ0v) is 21.3. The average molecular weight is 501 g/mol. The fourth-order valence-corrected chi connectivity index (χ4v) is 5.01. The van der Waals surface area contributed by atoms with Crippen molar-refractivity contribution < 1.29 is 4.39 Å². The minimum atomic E-state index is -0.497. The van der Waals surface area contributed by atoms with Gasteiger partial charge in [0.05, 0.1) is 17.4 Å². The number of hydrogen-bond donors (Lipinski definition) is 2. The summed E-state index contributed by atoms with van der Waals surface area (Å²) in [6.07, 6.45) is 11.5. The summed E-state index contributed by atoms with van der Waals surface area (Å²) in [5, 5.41) is 8.20. The average Bonchev–Trinajstić information content (AvgIpc) is 2.92. The second-order valence-electron chi connectivity index (χ2n) is 9.62. The van der Waals surface area contributed by atoms with Gasteiger partial charge >= 0.3 is 0 Å². The number of anilines is 2. The van der Waals surface area contributed by atoms with Crippen LogP contribution in [0.2, 0.25) is 0 Å². The van der Waals surface area contributed by atoms with Gasteiger partial charge in [0, 0.05) is 54.7 Å². The van der Waals surface area contributed by atoms with Crippen LogP contribution in [0, 0.1) is 5.82 Å². The Kier molecular flexibility index (Phi) is 7.73. The van der Waals surface area contributed by atoms with Crippen molar-refractivity contribution in [1.82, 2.24) is 19.5 Å². The van der Waals surface area contributed by atoms with Gasteiger partial charge in [0.25, 0.3) is 5.56 Å². The van der Waals surface area contributed by atoms with Crippen LogP contribution in [0.25, 0.3) is 22.2 Å². The third-order valence-corrected chi connectivity index (χ3v) is 7.04. The summed E-state index contributed by atoms with van der Waals surface area (Å²) >= 11 is 0. The van der Waals surface area contributed by atoms with E-state index < -0.39 is 5.82 Å². The summed E-state index contributed by atoms with van der Waals surface area (Å²) in [6, 6.07) is 11.3. The quantitative estimate of drug-likeness (QED) is 0.280. The maximum absolute atomic E-state index is 14.1. The Morgan fingerprint density at radius 1 is 0.973 bits per heavy atom. The molecule has 1 aromatic carbocycles. The molecule has 0 atom stereocenters. The molecule has 2 N–H and O–H groups in total. The van der Waals surface area contributed by atoms with Gasteiger partial charge < -0.3 is 10.6 Å². The topological polar surface area (TPSA) is 84.7 Å². The predicted molar refractivity (Wildman–Crippen MR) is 146 cm³/mol. The normalized spacial score (nSPS) is 12.9. The highest BCUT2D eigenvalue weighted by molar-refractivity contribution is 5.93. The highest BCUT2D eigenvalue weighted by atomic mass is 19.1. The fraction of sp³-hybridized carbons (Fsp3) is 0.379. The van der Waals surface area contributed by atoms with Crippen molar-refractivity contribution in [3.63, 3.8) is 0 Å². The highest BCUT2D eigenvalue weighted by Gasteiger charge is 2.17. The van der Waals surface area contributed by atoms with E-state index in [4.69, 9.17) is 4.98 Å². The van der Waals surface area contributed by atoms with Gasteiger partial charge in [0.1, 0.15) is 0 Å². The van der Waals surface area contributed by atoms with Crippen LogP contribution < -0.4 is 16.2 Å². The van der Waals surface area contributed by atoms with Crippen LogP contribution in [0.3, 0.4) is 0 Å². The highest BCUT2D eigenvalue weighted by Crippen LogP contribution is 2.33. The molecule has 5 rings (SSSR count). The molecule has 0 bridgehead atoms. The summed E-state index contributed by atoms with van der Waals surface area (Å²) in [5.41, 5.74) is 5.36. The predicted octanol–water partition coefficient (Wildman–Crippen LogP) is 5.49. The Hall–Kier alpha value is -3.81. The summed E-state index contributed by atoms with van der Waals surface area (Å²) in [4.78, 5) is 25.5. The van der Waals surface area contributed by atoms with Crippen LogP contribution >= 0.6 is 0 Å². The molecule has 192 valence electrons. The molecule has 0 saturated heterocycles. The molecule has 3 aromatic heterocycles. The van der Waals surface area contributed by atoms with Gasteiger partial charge in [-0.2, -0.15) is 0 Å². The molecule has 0 spiro atoms. The van der Waals surface area contributed by atoms with Crippen LogP contribution in [0.5, 0.6) is 0 Å². The number of nitrogens with zero attached hydrogens (tertiary/aromatic N) is 4. The van der Waals surface area contributed by atoms with Crippen molar-refractivity contribution >= 4 is 22.5 Å². The van der Waals surface area contributed by atoms with E-state index in [1.165, 1.54) is 58.1 Å². The lowest BCUT2D eigenvalue weighted by Crippen LogP contribution is -2.22. The number of aryl methyl sites for hydroxylation is 1. The minimum Gasteiger partial charge on any atom is -0.384 e. The number of halogens is 1. The number of nitrogens with one attached hydrogen (secondary N) is 2. The van der Waals surface area contributed by atoms with Crippen molar-refractivity contribution in [3.05, 3.63) is 76.2 Å². The van der Waals surface area contributed by atoms with E-state index in [0.29, 0.717) is 18.2 Å². The molecule has 0 fully saturated rings. The number of para-hydroxylation sites is 1. The van der Waals surface area contributed by atoms with Crippen molar-refractivity contribution in [1.29, 1.82) is 0 Å². The first-order chi connectivity index (χ1) is 18.1. The molecule has 0 aliphatic heterocycles. The molecule has 4 aromatic rings. The Bertz CT molecular complexity index is 1450. The minimum absolute atomic E-state index is 0.236. The monoisotopic (exact) mass is 500 g/mol. The van der Waals surface area contributed by atoms with E-state index >= 15 is 0 Å². The number of hydrogen-bond acceptors (Lipinski definition) is 6. The number of fused-ring (bicyclic) bond motifs is 2. The maximum Gasteiger partial charge on any atom is 0.255 e. The molecule has 0 amide bonds. The van der Waals surface area contributed by atoms with Crippen molar-refractivity contribution in [2.75, 3.05) is 23.7 Å². The molecule has 0 radical (unpaired) electrons. The number of unbranched alkanes of at least 4 members (excludes halogenated alkanes) is 3. The SMILES string of the molecule is Cn1c(NCCCCCCNc2c3c(nc4ccccc24)CCCC3)nc(-c2ccncc2F)cc1=O. The van der Waals surface area contributed by atoms with Crippen molar-refractivity contribution in [2.45, 2.75) is 51.4 Å². The summed E-state index contributed by atoms with van der Waals surface area (Å²) in [6.45, 7) is 1.63. The largest absolute Gasteiger partial charge is 0.384 e. The van der Waals surface area contributed by atoms with Gasteiger partial charge in [-0.15, -0.1) is 0 Å². The molecule has 8 heteroatoms. The van der Waals surface area contributed by atoms with E-state index in [0.717, 1.165) is 56.8 Å². The summed E-state index contributed by atoms with van der Waals surface area (Å²) in [5.74, 6) is -0.0576. The Morgan fingerprint density at radius 3 is 2.59 bits per heavy atom. The number of rotatable bonds is 10. The number of benzene rings is 1. The lowest BCUT2D eigenvalue weighted by atomic mass is 9.92. The Labute approximate surface area is 216 Å². The van der Waals surface area contributed by atoms with Gasteiger partial charge in [-0.05, 0) is 56.2 Å². The van der Waals surface area contributed by atoms with E-state index in [1.807, 2.05) is 0 Å². The van der Waals surface area contributed by atoms with Crippen LogP contribution in [-0.2, 0) is 19.9 Å². The van der Waals surface area contributed by atoms with Crippen LogP contribution in [0.15, 0.2) is 53.6 Å².